The van der Waals surface area contributed by atoms with Crippen LogP contribution in [-0.2, 0) is 27.8 Å². The first-order valence-electron chi connectivity index (χ1n) is 11.2. The van der Waals surface area contributed by atoms with Gasteiger partial charge in [-0.1, -0.05) is 30.3 Å². The fourth-order valence-electron chi connectivity index (χ4n) is 4.21. The lowest BCUT2D eigenvalue weighted by molar-refractivity contribution is -0.120. The maximum Gasteiger partial charge on any atom is 0.501 e. The number of anilines is 1. The molecule has 1 spiro atoms. The van der Waals surface area contributed by atoms with Gasteiger partial charge >= 0.3 is 11.5 Å². The predicted molar refractivity (Wildman–Crippen MR) is 125 cm³/mol. The van der Waals surface area contributed by atoms with Gasteiger partial charge in [-0.3, -0.25) is 4.79 Å². The van der Waals surface area contributed by atoms with Gasteiger partial charge in [-0.05, 0) is 54.3 Å². The Labute approximate surface area is 210 Å². The second-order valence-electron chi connectivity index (χ2n) is 8.76. The van der Waals surface area contributed by atoms with Gasteiger partial charge in [-0.2, -0.15) is 13.2 Å². The van der Waals surface area contributed by atoms with Crippen LogP contribution in [0.25, 0.3) is 0 Å². The molecule has 3 amide bonds. The summed E-state index contributed by atoms with van der Waals surface area (Å²) >= 11 is 0. The second kappa shape index (κ2) is 8.87. The molecule has 37 heavy (non-hydrogen) atoms. The lowest BCUT2D eigenvalue weighted by Gasteiger charge is -2.21. The number of ether oxygens (including phenoxy) is 1. The van der Waals surface area contributed by atoms with E-state index in [4.69, 9.17) is 4.74 Å². The van der Waals surface area contributed by atoms with Gasteiger partial charge in [0.15, 0.2) is 0 Å². The van der Waals surface area contributed by atoms with Crippen LogP contribution in [0.5, 0.6) is 5.88 Å². The van der Waals surface area contributed by atoms with E-state index in [9.17, 15) is 31.2 Å². The second-order valence-corrected chi connectivity index (χ2v) is 10.7. The van der Waals surface area contributed by atoms with Crippen molar-refractivity contribution in [3.63, 3.8) is 0 Å². The summed E-state index contributed by atoms with van der Waals surface area (Å²) in [4.78, 5) is 32.0. The van der Waals surface area contributed by atoms with Crippen LogP contribution in [0.4, 0.5) is 23.7 Å². The summed E-state index contributed by atoms with van der Waals surface area (Å²) in [5, 5.41) is 0. The monoisotopic (exact) mass is 531 g/mol. The molecular weight excluding hydrogens is 511 g/mol. The molecule has 1 aliphatic carbocycles. The molecule has 2 fully saturated rings. The van der Waals surface area contributed by atoms with Crippen LogP contribution in [0.1, 0.15) is 24.0 Å². The number of alkyl halides is 3. The van der Waals surface area contributed by atoms with E-state index in [0.717, 1.165) is 34.7 Å². The third kappa shape index (κ3) is 4.41. The number of rotatable bonds is 7. The van der Waals surface area contributed by atoms with Crippen molar-refractivity contribution >= 4 is 27.5 Å². The molecule has 0 N–H and O–H groups in total. The number of carbonyl (C=O) groups is 2. The highest BCUT2D eigenvalue weighted by atomic mass is 32.2. The standard InChI is InChI=1S/C25H20F3N3O5S/c26-25(27,28)37(34,35)20-8-6-19(7-9-20)31-22(32)24(11-12-24)30(23(31)33)15-18-10-13-29-21(14-18)36-16-17-4-2-1-3-5-17/h1-10,13-14H,11-12,15-16H2. The summed E-state index contributed by atoms with van der Waals surface area (Å²) in [6, 6.07) is 15.8. The van der Waals surface area contributed by atoms with Crippen LogP contribution in [-0.4, -0.2) is 41.3 Å². The van der Waals surface area contributed by atoms with Crippen LogP contribution in [0.3, 0.4) is 0 Å². The fourth-order valence-corrected chi connectivity index (χ4v) is 4.97. The number of amides is 3. The smallest absolute Gasteiger partial charge is 0.473 e. The predicted octanol–water partition coefficient (Wildman–Crippen LogP) is 4.46. The van der Waals surface area contributed by atoms with E-state index in [0.29, 0.717) is 30.9 Å². The number of urea groups is 1. The Morgan fingerprint density at radius 2 is 1.62 bits per heavy atom. The molecule has 5 rings (SSSR count). The highest BCUT2D eigenvalue weighted by Crippen LogP contribution is 2.49. The van der Waals surface area contributed by atoms with Crippen molar-refractivity contribution in [2.24, 2.45) is 0 Å². The Bertz CT molecular complexity index is 1460. The molecule has 1 saturated heterocycles. The summed E-state index contributed by atoms with van der Waals surface area (Å²) in [5.74, 6) is -0.152. The summed E-state index contributed by atoms with van der Waals surface area (Å²) in [5.41, 5.74) is -4.87. The zero-order valence-corrected chi connectivity index (χ0v) is 20.0. The van der Waals surface area contributed by atoms with Gasteiger partial charge in [0.25, 0.3) is 15.7 Å². The summed E-state index contributed by atoms with van der Waals surface area (Å²) in [7, 11) is -5.55. The van der Waals surface area contributed by atoms with Crippen molar-refractivity contribution in [1.82, 2.24) is 9.88 Å². The van der Waals surface area contributed by atoms with Gasteiger partial charge in [-0.15, -0.1) is 0 Å². The van der Waals surface area contributed by atoms with Crippen LogP contribution in [0, 0.1) is 0 Å². The maximum absolute atomic E-state index is 13.3. The molecular formula is C25H20F3N3O5S. The number of halogens is 3. The number of imide groups is 1. The first-order chi connectivity index (χ1) is 17.5. The minimum atomic E-state index is -5.55. The summed E-state index contributed by atoms with van der Waals surface area (Å²) in [6.07, 6.45) is 2.42. The summed E-state index contributed by atoms with van der Waals surface area (Å²) in [6.45, 7) is 0.391. The molecule has 0 atom stereocenters. The quantitative estimate of drug-likeness (QED) is 0.418. The Morgan fingerprint density at radius 3 is 2.24 bits per heavy atom. The number of aromatic nitrogens is 1. The number of hydrogen-bond donors (Lipinski definition) is 0. The van der Waals surface area contributed by atoms with Crippen LogP contribution >= 0.6 is 0 Å². The fraction of sp³-hybridized carbons (Fsp3) is 0.240. The Kier molecular flexibility index (Phi) is 5.94. The van der Waals surface area contributed by atoms with E-state index >= 15 is 0 Å². The highest BCUT2D eigenvalue weighted by Gasteiger charge is 2.65. The van der Waals surface area contributed by atoms with Crippen molar-refractivity contribution < 1.29 is 35.9 Å². The number of carbonyl (C=O) groups excluding carboxylic acids is 2. The van der Waals surface area contributed by atoms with Gasteiger partial charge < -0.3 is 9.64 Å². The Balaban J connectivity index is 1.34. The SMILES string of the molecule is O=C1N(c2ccc(S(=O)(=O)C(F)(F)F)cc2)C(=O)C2(CC2)N1Cc1ccnc(OCc2ccccc2)c1. The number of pyridine rings is 1. The number of hydrogen-bond acceptors (Lipinski definition) is 6. The third-order valence-electron chi connectivity index (χ3n) is 6.34. The molecule has 3 aromatic rings. The third-order valence-corrected chi connectivity index (χ3v) is 7.85. The lowest BCUT2D eigenvalue weighted by atomic mass is 10.2. The lowest BCUT2D eigenvalue weighted by Crippen LogP contribution is -2.36. The highest BCUT2D eigenvalue weighted by molar-refractivity contribution is 7.92. The van der Waals surface area contributed by atoms with E-state index in [-0.39, 0.29) is 12.2 Å². The molecule has 1 aromatic heterocycles. The molecule has 8 nitrogen and oxygen atoms in total. The minimum Gasteiger partial charge on any atom is -0.473 e. The zero-order valence-electron chi connectivity index (χ0n) is 19.2. The number of sulfone groups is 1. The van der Waals surface area contributed by atoms with E-state index in [1.165, 1.54) is 11.1 Å². The summed E-state index contributed by atoms with van der Waals surface area (Å²) < 4.78 is 67.6. The normalized spacial score (nSPS) is 16.9. The van der Waals surface area contributed by atoms with Gasteiger partial charge in [0, 0.05) is 18.8 Å². The molecule has 1 aliphatic heterocycles. The molecule has 192 valence electrons. The van der Waals surface area contributed by atoms with Gasteiger partial charge in [0.05, 0.1) is 10.6 Å². The molecule has 0 bridgehead atoms. The molecule has 0 unspecified atom stereocenters. The molecule has 0 radical (unpaired) electrons. The Hall–Kier alpha value is -3.93. The van der Waals surface area contributed by atoms with E-state index in [1.807, 2.05) is 30.3 Å². The minimum absolute atomic E-state index is 0.00786. The molecule has 1 saturated carbocycles. The molecule has 2 aromatic carbocycles. The number of nitrogens with zero attached hydrogens (tertiary/aromatic N) is 3. The van der Waals surface area contributed by atoms with E-state index in [2.05, 4.69) is 4.98 Å². The van der Waals surface area contributed by atoms with Crippen molar-refractivity contribution in [2.75, 3.05) is 4.90 Å². The van der Waals surface area contributed by atoms with Crippen LogP contribution in [0.15, 0.2) is 77.8 Å². The van der Waals surface area contributed by atoms with Crippen LogP contribution in [0.2, 0.25) is 0 Å². The molecule has 2 heterocycles. The van der Waals surface area contributed by atoms with Gasteiger partial charge in [0.2, 0.25) is 5.88 Å². The first kappa shape index (κ1) is 24.8. The Morgan fingerprint density at radius 1 is 0.946 bits per heavy atom. The van der Waals surface area contributed by atoms with E-state index < -0.39 is 37.7 Å². The van der Waals surface area contributed by atoms with Crippen molar-refractivity contribution in [2.45, 2.75) is 41.9 Å². The average Bonchev–Trinajstić information content (AvgIpc) is 3.65. The van der Waals surface area contributed by atoms with Crippen LogP contribution < -0.4 is 9.64 Å². The average molecular weight is 532 g/mol. The molecule has 2 aliphatic rings. The van der Waals surface area contributed by atoms with E-state index in [1.54, 1.807) is 12.1 Å². The zero-order chi connectivity index (χ0) is 26.4. The number of benzene rings is 2. The van der Waals surface area contributed by atoms with Crippen molar-refractivity contribution in [1.29, 1.82) is 0 Å². The topological polar surface area (TPSA) is 96.9 Å². The largest absolute Gasteiger partial charge is 0.501 e. The molecule has 12 heteroatoms. The first-order valence-corrected chi connectivity index (χ1v) is 12.7. The van der Waals surface area contributed by atoms with Gasteiger partial charge in [-0.25, -0.2) is 23.1 Å². The van der Waals surface area contributed by atoms with Crippen molar-refractivity contribution in [3.8, 4) is 5.88 Å². The van der Waals surface area contributed by atoms with Crippen molar-refractivity contribution in [3.05, 3.63) is 84.1 Å². The van der Waals surface area contributed by atoms with Gasteiger partial charge in [0.1, 0.15) is 12.1 Å². The maximum atomic E-state index is 13.3.